The van der Waals surface area contributed by atoms with Crippen LogP contribution in [0.15, 0.2) is 22.7 Å². The summed E-state index contributed by atoms with van der Waals surface area (Å²) in [5.74, 6) is -0.352. The summed E-state index contributed by atoms with van der Waals surface area (Å²) in [6.45, 7) is 4.15. The number of carbonyl (C=O) groups excluding carboxylic acids is 1. The van der Waals surface area contributed by atoms with E-state index >= 15 is 0 Å². The highest BCUT2D eigenvalue weighted by molar-refractivity contribution is 9.10. The normalized spacial score (nSPS) is 12.2. The summed E-state index contributed by atoms with van der Waals surface area (Å²) in [6, 6.07) is 5.38. The summed E-state index contributed by atoms with van der Waals surface area (Å²) < 4.78 is 5.84. The maximum absolute atomic E-state index is 11.4. The Balaban J connectivity index is 2.69. The van der Waals surface area contributed by atoms with Gasteiger partial charge in [-0.1, -0.05) is 28.1 Å². The molecule has 0 aromatic heterocycles. The molecule has 0 spiro atoms. The van der Waals surface area contributed by atoms with Crippen molar-refractivity contribution in [1.82, 2.24) is 0 Å². The van der Waals surface area contributed by atoms with Crippen molar-refractivity contribution in [2.24, 2.45) is 5.73 Å². The summed E-state index contributed by atoms with van der Waals surface area (Å²) in [4.78, 5) is 11.4. The predicted octanol–water partition coefficient (Wildman–Crippen LogP) is 2.19. The van der Waals surface area contributed by atoms with Crippen LogP contribution in [0, 0.1) is 6.92 Å². The van der Waals surface area contributed by atoms with Gasteiger partial charge in [-0.15, -0.1) is 0 Å². The van der Waals surface area contributed by atoms with Gasteiger partial charge in [-0.3, -0.25) is 4.79 Å². The van der Waals surface area contributed by atoms with E-state index in [0.717, 1.165) is 10.0 Å². The van der Waals surface area contributed by atoms with E-state index in [1.165, 1.54) is 5.56 Å². The third-order valence-corrected chi connectivity index (χ3v) is 2.98. The Morgan fingerprint density at radius 3 is 2.81 bits per heavy atom. The lowest BCUT2D eigenvalue weighted by Crippen LogP contribution is -2.34. The number of carbonyl (C=O) groups is 1. The Hall–Kier alpha value is -0.870. The molecule has 0 amide bonds. The molecule has 2 N–H and O–H groups in total. The molecule has 0 bridgehead atoms. The largest absolute Gasteiger partial charge is 0.465 e. The van der Waals surface area contributed by atoms with E-state index in [1.807, 2.05) is 25.1 Å². The first-order valence-electron chi connectivity index (χ1n) is 5.21. The van der Waals surface area contributed by atoms with Crippen molar-refractivity contribution in [2.45, 2.75) is 26.3 Å². The predicted molar refractivity (Wildman–Crippen MR) is 67.2 cm³/mol. The van der Waals surface area contributed by atoms with Gasteiger partial charge < -0.3 is 10.5 Å². The van der Waals surface area contributed by atoms with Crippen LogP contribution in [0.2, 0.25) is 0 Å². The zero-order valence-electron chi connectivity index (χ0n) is 9.50. The summed E-state index contributed by atoms with van der Waals surface area (Å²) in [6.07, 6.45) is 0.486. The molecule has 88 valence electrons. The average molecular weight is 286 g/mol. The molecular formula is C12H16BrNO2. The number of hydrogen-bond acceptors (Lipinski definition) is 3. The summed E-state index contributed by atoms with van der Waals surface area (Å²) in [7, 11) is 0. The molecule has 1 rings (SSSR count). The number of nitrogens with two attached hydrogens (primary N) is 1. The summed E-state index contributed by atoms with van der Waals surface area (Å²) in [5, 5.41) is 0. The number of rotatable bonds is 4. The van der Waals surface area contributed by atoms with Gasteiger partial charge in [0.15, 0.2) is 0 Å². The second-order valence-electron chi connectivity index (χ2n) is 3.66. The molecule has 0 heterocycles. The zero-order valence-corrected chi connectivity index (χ0v) is 11.1. The number of hydrogen-bond donors (Lipinski definition) is 1. The van der Waals surface area contributed by atoms with Gasteiger partial charge in [-0.2, -0.15) is 0 Å². The van der Waals surface area contributed by atoms with E-state index in [-0.39, 0.29) is 5.97 Å². The molecule has 0 saturated heterocycles. The van der Waals surface area contributed by atoms with Crippen molar-refractivity contribution in [1.29, 1.82) is 0 Å². The highest BCUT2D eigenvalue weighted by Gasteiger charge is 2.16. The fourth-order valence-electron chi connectivity index (χ4n) is 1.39. The van der Waals surface area contributed by atoms with Gasteiger partial charge in [0, 0.05) is 4.47 Å². The topological polar surface area (TPSA) is 52.3 Å². The minimum Gasteiger partial charge on any atom is -0.465 e. The maximum atomic E-state index is 11.4. The smallest absolute Gasteiger partial charge is 0.323 e. The van der Waals surface area contributed by atoms with Crippen LogP contribution < -0.4 is 5.73 Å². The van der Waals surface area contributed by atoms with Crippen molar-refractivity contribution >= 4 is 21.9 Å². The van der Waals surface area contributed by atoms with Crippen LogP contribution in [-0.2, 0) is 16.0 Å². The Kier molecular flexibility index (Phi) is 4.96. The molecule has 0 fully saturated rings. The lowest BCUT2D eigenvalue weighted by Gasteiger charge is -2.12. The van der Waals surface area contributed by atoms with Gasteiger partial charge in [0.05, 0.1) is 6.61 Å². The minimum absolute atomic E-state index is 0.352. The minimum atomic E-state index is -0.598. The lowest BCUT2D eigenvalue weighted by atomic mass is 10.1. The number of aryl methyl sites for hydroxylation is 1. The lowest BCUT2D eigenvalue weighted by molar-refractivity contribution is -0.144. The molecule has 0 aliphatic carbocycles. The van der Waals surface area contributed by atoms with Crippen LogP contribution in [0.25, 0.3) is 0 Å². The second kappa shape index (κ2) is 6.01. The van der Waals surface area contributed by atoms with Gasteiger partial charge in [-0.05, 0) is 37.5 Å². The van der Waals surface area contributed by atoms with Gasteiger partial charge >= 0.3 is 5.97 Å². The first-order valence-corrected chi connectivity index (χ1v) is 6.01. The van der Waals surface area contributed by atoms with Gasteiger partial charge in [0.1, 0.15) is 6.04 Å². The van der Waals surface area contributed by atoms with Crippen LogP contribution in [-0.4, -0.2) is 18.6 Å². The van der Waals surface area contributed by atoms with E-state index in [4.69, 9.17) is 10.5 Å². The highest BCUT2D eigenvalue weighted by Crippen LogP contribution is 2.19. The van der Waals surface area contributed by atoms with E-state index in [9.17, 15) is 4.79 Å². The molecule has 4 heteroatoms. The average Bonchev–Trinajstić information content (AvgIpc) is 2.22. The molecule has 1 aromatic rings. The molecule has 0 aliphatic rings. The number of esters is 1. The summed E-state index contributed by atoms with van der Waals surface area (Å²) in [5.41, 5.74) is 7.93. The van der Waals surface area contributed by atoms with Crippen LogP contribution in [0.4, 0.5) is 0 Å². The molecular weight excluding hydrogens is 270 g/mol. The Morgan fingerprint density at radius 1 is 1.56 bits per heavy atom. The van der Waals surface area contributed by atoms with Crippen molar-refractivity contribution in [2.75, 3.05) is 6.61 Å². The van der Waals surface area contributed by atoms with Gasteiger partial charge in [0.25, 0.3) is 0 Å². The van der Waals surface area contributed by atoms with Crippen molar-refractivity contribution in [3.05, 3.63) is 33.8 Å². The zero-order chi connectivity index (χ0) is 12.1. The Bertz CT molecular complexity index is 379. The van der Waals surface area contributed by atoms with E-state index < -0.39 is 6.04 Å². The molecule has 16 heavy (non-hydrogen) atoms. The first kappa shape index (κ1) is 13.2. The molecule has 0 saturated carbocycles. The number of halogens is 1. The van der Waals surface area contributed by atoms with E-state index in [0.29, 0.717) is 13.0 Å². The molecule has 3 nitrogen and oxygen atoms in total. The monoisotopic (exact) mass is 285 g/mol. The quantitative estimate of drug-likeness (QED) is 0.863. The molecule has 0 radical (unpaired) electrons. The summed E-state index contributed by atoms with van der Waals surface area (Å²) >= 11 is 3.46. The van der Waals surface area contributed by atoms with Crippen molar-refractivity contribution < 1.29 is 9.53 Å². The third-order valence-electron chi connectivity index (χ3n) is 2.24. The second-order valence-corrected chi connectivity index (χ2v) is 4.51. The SMILES string of the molecule is CCOC(=O)C(N)Cc1ccc(C)cc1Br. The fraction of sp³-hybridized carbons (Fsp3) is 0.417. The fourth-order valence-corrected chi connectivity index (χ4v) is 2.04. The number of ether oxygens (including phenoxy) is 1. The Labute approximate surface area is 104 Å². The van der Waals surface area contributed by atoms with E-state index in [1.54, 1.807) is 6.92 Å². The van der Waals surface area contributed by atoms with Gasteiger partial charge in [0.2, 0.25) is 0 Å². The van der Waals surface area contributed by atoms with Crippen molar-refractivity contribution in [3.63, 3.8) is 0 Å². The van der Waals surface area contributed by atoms with Crippen LogP contribution >= 0.6 is 15.9 Å². The van der Waals surface area contributed by atoms with Gasteiger partial charge in [-0.25, -0.2) is 0 Å². The van der Waals surface area contributed by atoms with Crippen LogP contribution in [0.1, 0.15) is 18.1 Å². The standard InChI is InChI=1S/C12H16BrNO2/c1-3-16-12(15)11(14)7-9-5-4-8(2)6-10(9)13/h4-6,11H,3,7,14H2,1-2H3. The van der Waals surface area contributed by atoms with E-state index in [2.05, 4.69) is 15.9 Å². The third kappa shape index (κ3) is 3.61. The molecule has 1 unspecified atom stereocenters. The first-order chi connectivity index (χ1) is 7.54. The van der Waals surface area contributed by atoms with Crippen molar-refractivity contribution in [3.8, 4) is 0 Å². The Morgan fingerprint density at radius 2 is 2.25 bits per heavy atom. The molecule has 1 atom stereocenters. The highest BCUT2D eigenvalue weighted by atomic mass is 79.9. The maximum Gasteiger partial charge on any atom is 0.323 e. The van der Waals surface area contributed by atoms with Crippen LogP contribution in [0.5, 0.6) is 0 Å². The molecule has 1 aromatic carbocycles. The number of benzene rings is 1. The van der Waals surface area contributed by atoms with Crippen LogP contribution in [0.3, 0.4) is 0 Å². The molecule has 0 aliphatic heterocycles.